The number of hydrogen-bond donors (Lipinski definition) is 1. The summed E-state index contributed by atoms with van der Waals surface area (Å²) in [7, 11) is 0. The van der Waals surface area contributed by atoms with Gasteiger partial charge < -0.3 is 10.1 Å². The van der Waals surface area contributed by atoms with Crippen molar-refractivity contribution < 1.29 is 9.53 Å². The molecule has 0 amide bonds. The van der Waals surface area contributed by atoms with Gasteiger partial charge in [-0.25, -0.2) is 4.98 Å². The first-order valence-electron chi connectivity index (χ1n) is 6.81. The van der Waals surface area contributed by atoms with E-state index < -0.39 is 0 Å². The molecule has 0 atom stereocenters. The van der Waals surface area contributed by atoms with E-state index in [1.54, 1.807) is 0 Å². The molecule has 5 heteroatoms. The molecule has 20 heavy (non-hydrogen) atoms. The van der Waals surface area contributed by atoms with Gasteiger partial charge in [-0.05, 0) is 45.7 Å². The van der Waals surface area contributed by atoms with Crippen molar-refractivity contribution in [3.8, 4) is 0 Å². The zero-order valence-electron chi connectivity index (χ0n) is 12.9. The Kier molecular flexibility index (Phi) is 6.49. The molecule has 0 aromatic carbocycles. The molecule has 0 aliphatic heterocycles. The molecular weight excluding hydrogens is 272 g/mol. The van der Waals surface area contributed by atoms with Crippen LogP contribution in [0, 0.1) is 6.92 Å². The van der Waals surface area contributed by atoms with Crippen LogP contribution in [-0.4, -0.2) is 28.9 Å². The molecular formula is C15H24N2O2S. The molecule has 1 N–H and O–H groups in total. The van der Waals surface area contributed by atoms with E-state index in [0.29, 0.717) is 12.4 Å². The van der Waals surface area contributed by atoms with Crippen molar-refractivity contribution in [2.24, 2.45) is 0 Å². The number of nitrogens with one attached hydrogen (secondary N) is 1. The molecule has 0 saturated carbocycles. The van der Waals surface area contributed by atoms with E-state index in [1.165, 1.54) is 11.8 Å². The Morgan fingerprint density at radius 2 is 2.15 bits per heavy atom. The zero-order chi connectivity index (χ0) is 15.2. The van der Waals surface area contributed by atoms with Crippen molar-refractivity contribution in [1.82, 2.24) is 10.3 Å². The minimum absolute atomic E-state index is 0.0885. The van der Waals surface area contributed by atoms with Crippen LogP contribution in [0.4, 0.5) is 0 Å². The van der Waals surface area contributed by atoms with E-state index in [-0.39, 0.29) is 11.5 Å². The third-order valence-corrected chi connectivity index (χ3v) is 3.62. The molecule has 1 rings (SSSR count). The van der Waals surface area contributed by atoms with Crippen molar-refractivity contribution in [1.29, 1.82) is 0 Å². The van der Waals surface area contributed by atoms with Gasteiger partial charge in [0.2, 0.25) is 0 Å². The topological polar surface area (TPSA) is 51.2 Å². The highest BCUT2D eigenvalue weighted by molar-refractivity contribution is 7.99. The number of ether oxygens (including phenoxy) is 1. The highest BCUT2D eigenvalue weighted by Gasteiger charge is 2.10. The quantitative estimate of drug-likeness (QED) is 0.646. The summed E-state index contributed by atoms with van der Waals surface area (Å²) < 4.78 is 4.91. The first-order chi connectivity index (χ1) is 9.31. The van der Waals surface area contributed by atoms with E-state index in [1.807, 2.05) is 20.0 Å². The lowest BCUT2D eigenvalue weighted by Gasteiger charge is -2.20. The summed E-state index contributed by atoms with van der Waals surface area (Å²) in [6, 6.07) is 2.11. The molecule has 0 fully saturated rings. The molecule has 1 aromatic rings. The predicted octanol–water partition coefficient (Wildman–Crippen LogP) is 2.93. The van der Waals surface area contributed by atoms with Gasteiger partial charge in [-0.1, -0.05) is 17.8 Å². The molecule has 0 radical (unpaired) electrons. The highest BCUT2D eigenvalue weighted by atomic mass is 32.2. The molecule has 0 bridgehead atoms. The third-order valence-electron chi connectivity index (χ3n) is 2.54. The predicted molar refractivity (Wildman–Crippen MR) is 82.9 cm³/mol. The zero-order valence-corrected chi connectivity index (χ0v) is 13.8. The first-order valence-corrected chi connectivity index (χ1v) is 7.79. The van der Waals surface area contributed by atoms with Crippen LogP contribution in [0.15, 0.2) is 17.3 Å². The highest BCUT2D eigenvalue weighted by Crippen LogP contribution is 2.20. The van der Waals surface area contributed by atoms with Gasteiger partial charge in [0, 0.05) is 18.3 Å². The van der Waals surface area contributed by atoms with Crippen LogP contribution in [0.25, 0.3) is 0 Å². The molecule has 112 valence electrons. The Bertz CT molecular complexity index is 456. The molecule has 0 aliphatic rings. The molecule has 0 spiro atoms. The summed E-state index contributed by atoms with van der Waals surface area (Å²) in [5, 5.41) is 4.32. The van der Waals surface area contributed by atoms with E-state index in [9.17, 15) is 4.79 Å². The summed E-state index contributed by atoms with van der Waals surface area (Å²) in [5.74, 6) is 0.110. The van der Waals surface area contributed by atoms with E-state index in [0.717, 1.165) is 22.7 Å². The number of carbonyl (C=O) groups excluding carboxylic acids is 1. The second kappa shape index (κ2) is 7.64. The second-order valence-corrected chi connectivity index (χ2v) is 6.63. The van der Waals surface area contributed by atoms with Gasteiger partial charge in [-0.3, -0.25) is 4.79 Å². The van der Waals surface area contributed by atoms with Crippen LogP contribution < -0.4 is 5.32 Å². The average molecular weight is 296 g/mol. The van der Waals surface area contributed by atoms with Gasteiger partial charge in [0.25, 0.3) is 0 Å². The van der Waals surface area contributed by atoms with Gasteiger partial charge in [-0.2, -0.15) is 0 Å². The minimum atomic E-state index is -0.197. The van der Waals surface area contributed by atoms with Crippen molar-refractivity contribution in [2.75, 3.05) is 12.4 Å². The maximum absolute atomic E-state index is 11.3. The largest absolute Gasteiger partial charge is 0.465 e. The lowest BCUT2D eigenvalue weighted by Crippen LogP contribution is -2.35. The number of rotatable bonds is 6. The maximum Gasteiger partial charge on any atom is 0.316 e. The molecule has 0 aliphatic carbocycles. The third kappa shape index (κ3) is 6.39. The van der Waals surface area contributed by atoms with Gasteiger partial charge >= 0.3 is 5.97 Å². The average Bonchev–Trinajstić information content (AvgIpc) is 2.34. The number of pyridine rings is 1. The van der Waals surface area contributed by atoms with Crippen LogP contribution in [0.1, 0.15) is 38.8 Å². The number of carbonyl (C=O) groups is 1. The Labute approximate surface area is 125 Å². The number of thioether (sulfide) groups is 1. The van der Waals surface area contributed by atoms with Crippen molar-refractivity contribution in [3.63, 3.8) is 0 Å². The fourth-order valence-corrected chi connectivity index (χ4v) is 2.32. The van der Waals surface area contributed by atoms with Gasteiger partial charge in [0.15, 0.2) is 0 Å². The standard InChI is InChI=1S/C15H24N2O2S/c1-6-19-13(18)10-20-14-11(2)7-12(8-16-14)9-17-15(3,4)5/h7-8,17H,6,9-10H2,1-5H3. The number of esters is 1. The molecule has 1 heterocycles. The van der Waals surface area contributed by atoms with Crippen LogP contribution >= 0.6 is 11.8 Å². The van der Waals surface area contributed by atoms with Crippen molar-refractivity contribution in [3.05, 3.63) is 23.4 Å². The second-order valence-electron chi connectivity index (χ2n) is 5.66. The molecule has 0 saturated heterocycles. The number of nitrogens with zero attached hydrogens (tertiary/aromatic N) is 1. The number of aromatic nitrogens is 1. The lowest BCUT2D eigenvalue weighted by atomic mass is 10.1. The van der Waals surface area contributed by atoms with Gasteiger partial charge in [0.1, 0.15) is 0 Å². The fourth-order valence-electron chi connectivity index (χ4n) is 1.57. The lowest BCUT2D eigenvalue weighted by molar-refractivity contribution is -0.139. The summed E-state index contributed by atoms with van der Waals surface area (Å²) in [5.41, 5.74) is 2.33. The normalized spacial score (nSPS) is 11.4. The van der Waals surface area contributed by atoms with E-state index in [4.69, 9.17) is 4.74 Å². The van der Waals surface area contributed by atoms with Crippen LogP contribution in [0.2, 0.25) is 0 Å². The molecule has 0 unspecified atom stereocenters. The SMILES string of the molecule is CCOC(=O)CSc1ncc(CNC(C)(C)C)cc1C. The molecule has 4 nitrogen and oxygen atoms in total. The number of hydrogen-bond acceptors (Lipinski definition) is 5. The number of aryl methyl sites for hydroxylation is 1. The Hall–Kier alpha value is -1.07. The summed E-state index contributed by atoms with van der Waals surface area (Å²) in [6.07, 6.45) is 1.86. The van der Waals surface area contributed by atoms with Crippen molar-refractivity contribution in [2.45, 2.75) is 51.7 Å². The fraction of sp³-hybridized carbons (Fsp3) is 0.600. The van der Waals surface area contributed by atoms with Crippen LogP contribution in [-0.2, 0) is 16.1 Å². The summed E-state index contributed by atoms with van der Waals surface area (Å²) in [6.45, 7) is 11.4. The Morgan fingerprint density at radius 1 is 1.45 bits per heavy atom. The van der Waals surface area contributed by atoms with Crippen LogP contribution in [0.3, 0.4) is 0 Å². The maximum atomic E-state index is 11.3. The van der Waals surface area contributed by atoms with Crippen LogP contribution in [0.5, 0.6) is 0 Å². The molecule has 1 aromatic heterocycles. The smallest absolute Gasteiger partial charge is 0.316 e. The first kappa shape index (κ1) is 17.0. The Morgan fingerprint density at radius 3 is 2.70 bits per heavy atom. The minimum Gasteiger partial charge on any atom is -0.465 e. The monoisotopic (exact) mass is 296 g/mol. The van der Waals surface area contributed by atoms with Gasteiger partial charge in [-0.15, -0.1) is 0 Å². The summed E-state index contributed by atoms with van der Waals surface area (Å²) in [4.78, 5) is 15.8. The van der Waals surface area contributed by atoms with Gasteiger partial charge in [0.05, 0.1) is 17.4 Å². The summed E-state index contributed by atoms with van der Waals surface area (Å²) >= 11 is 1.42. The van der Waals surface area contributed by atoms with Crippen molar-refractivity contribution >= 4 is 17.7 Å². The van der Waals surface area contributed by atoms with E-state index in [2.05, 4.69) is 37.1 Å². The van der Waals surface area contributed by atoms with E-state index >= 15 is 0 Å². The Balaban J connectivity index is 2.57.